The topological polar surface area (TPSA) is 52.6 Å². The lowest BCUT2D eigenvalue weighted by Crippen LogP contribution is -2.47. The molecule has 1 aliphatic carbocycles. The van der Waals surface area contributed by atoms with Crippen LogP contribution in [0.25, 0.3) is 0 Å². The number of amides is 2. The fourth-order valence-corrected chi connectivity index (χ4v) is 3.25. The number of likely N-dealkylation sites (tertiary alicyclic amines) is 1. The summed E-state index contributed by atoms with van der Waals surface area (Å²) in [6.45, 7) is 2.64. The minimum Gasteiger partial charge on any atom is -0.393 e. The SMILES string of the molecule is CC(O)CC1CCCN1C(=O)NC1CCCCC1. The van der Waals surface area contributed by atoms with E-state index in [0.29, 0.717) is 12.5 Å². The first kappa shape index (κ1) is 13.7. The van der Waals surface area contributed by atoms with Crippen LogP contribution in [0.1, 0.15) is 58.3 Å². The normalized spacial score (nSPS) is 27.2. The van der Waals surface area contributed by atoms with E-state index in [-0.39, 0.29) is 18.2 Å². The second-order valence-corrected chi connectivity index (χ2v) is 5.86. The molecule has 2 atom stereocenters. The van der Waals surface area contributed by atoms with Gasteiger partial charge in [0.25, 0.3) is 0 Å². The summed E-state index contributed by atoms with van der Waals surface area (Å²) in [5.74, 6) is 0. The third kappa shape index (κ3) is 3.61. The Kier molecular flexibility index (Phi) is 4.87. The van der Waals surface area contributed by atoms with E-state index in [1.54, 1.807) is 6.92 Å². The minimum absolute atomic E-state index is 0.0880. The van der Waals surface area contributed by atoms with Gasteiger partial charge >= 0.3 is 6.03 Å². The first-order valence-electron chi connectivity index (χ1n) is 7.42. The molecule has 1 aliphatic heterocycles. The van der Waals surface area contributed by atoms with Gasteiger partial charge in [0.1, 0.15) is 0 Å². The van der Waals surface area contributed by atoms with Crippen LogP contribution in [0.4, 0.5) is 4.79 Å². The van der Waals surface area contributed by atoms with Crippen molar-refractivity contribution in [1.82, 2.24) is 10.2 Å². The monoisotopic (exact) mass is 254 g/mol. The molecule has 2 aliphatic rings. The fourth-order valence-electron chi connectivity index (χ4n) is 3.25. The average molecular weight is 254 g/mol. The van der Waals surface area contributed by atoms with Gasteiger partial charge in [0, 0.05) is 18.6 Å². The second-order valence-electron chi connectivity index (χ2n) is 5.86. The molecule has 4 heteroatoms. The van der Waals surface area contributed by atoms with Crippen LogP contribution < -0.4 is 5.32 Å². The van der Waals surface area contributed by atoms with Gasteiger partial charge in [0.2, 0.25) is 0 Å². The predicted molar refractivity (Wildman–Crippen MR) is 71.4 cm³/mol. The zero-order chi connectivity index (χ0) is 13.0. The number of rotatable bonds is 3. The summed E-state index contributed by atoms with van der Waals surface area (Å²) in [7, 11) is 0. The lowest BCUT2D eigenvalue weighted by Gasteiger charge is -2.30. The molecule has 0 aromatic heterocycles. The van der Waals surface area contributed by atoms with Crippen LogP contribution in [0.3, 0.4) is 0 Å². The Hall–Kier alpha value is -0.770. The van der Waals surface area contributed by atoms with Gasteiger partial charge in [-0.25, -0.2) is 4.79 Å². The van der Waals surface area contributed by atoms with E-state index in [0.717, 1.165) is 32.2 Å². The van der Waals surface area contributed by atoms with Gasteiger partial charge in [-0.1, -0.05) is 19.3 Å². The minimum atomic E-state index is -0.321. The van der Waals surface area contributed by atoms with E-state index >= 15 is 0 Å². The Morgan fingerprint density at radius 1 is 1.28 bits per heavy atom. The van der Waals surface area contributed by atoms with E-state index in [1.165, 1.54) is 19.3 Å². The predicted octanol–water partition coefficient (Wildman–Crippen LogP) is 2.26. The number of urea groups is 1. The molecule has 0 radical (unpaired) electrons. The molecule has 2 fully saturated rings. The smallest absolute Gasteiger partial charge is 0.317 e. The van der Waals surface area contributed by atoms with E-state index in [9.17, 15) is 9.90 Å². The van der Waals surface area contributed by atoms with E-state index < -0.39 is 0 Å². The number of carbonyl (C=O) groups excluding carboxylic acids is 1. The number of nitrogens with zero attached hydrogens (tertiary/aromatic N) is 1. The van der Waals surface area contributed by atoms with Crippen molar-refractivity contribution in [2.75, 3.05) is 6.54 Å². The Morgan fingerprint density at radius 2 is 2.00 bits per heavy atom. The van der Waals surface area contributed by atoms with Gasteiger partial charge < -0.3 is 15.3 Å². The van der Waals surface area contributed by atoms with Gasteiger partial charge in [-0.15, -0.1) is 0 Å². The molecular weight excluding hydrogens is 228 g/mol. The van der Waals surface area contributed by atoms with Crippen LogP contribution >= 0.6 is 0 Å². The first-order valence-corrected chi connectivity index (χ1v) is 7.42. The summed E-state index contributed by atoms with van der Waals surface area (Å²) in [5.41, 5.74) is 0. The van der Waals surface area contributed by atoms with Crippen molar-refractivity contribution >= 4 is 6.03 Å². The van der Waals surface area contributed by atoms with Crippen LogP contribution in [0.15, 0.2) is 0 Å². The maximum absolute atomic E-state index is 12.2. The molecule has 0 aromatic rings. The molecule has 2 unspecified atom stereocenters. The third-order valence-electron chi connectivity index (χ3n) is 4.18. The molecule has 104 valence electrons. The van der Waals surface area contributed by atoms with Crippen LogP contribution in [0, 0.1) is 0 Å². The molecule has 1 saturated heterocycles. The zero-order valence-electron chi connectivity index (χ0n) is 11.4. The lowest BCUT2D eigenvalue weighted by atomic mass is 9.96. The average Bonchev–Trinajstić information content (AvgIpc) is 2.77. The van der Waals surface area contributed by atoms with E-state index in [2.05, 4.69) is 5.32 Å². The largest absolute Gasteiger partial charge is 0.393 e. The van der Waals surface area contributed by atoms with Gasteiger partial charge in [0.15, 0.2) is 0 Å². The molecule has 1 heterocycles. The zero-order valence-corrected chi connectivity index (χ0v) is 11.4. The van der Waals surface area contributed by atoms with E-state index in [4.69, 9.17) is 0 Å². The van der Waals surface area contributed by atoms with Crippen molar-refractivity contribution in [2.24, 2.45) is 0 Å². The lowest BCUT2D eigenvalue weighted by molar-refractivity contribution is 0.136. The molecule has 2 rings (SSSR count). The maximum Gasteiger partial charge on any atom is 0.317 e. The fraction of sp³-hybridized carbons (Fsp3) is 0.929. The molecular formula is C14H26N2O2. The van der Waals surface area contributed by atoms with Crippen molar-refractivity contribution in [3.8, 4) is 0 Å². The second kappa shape index (κ2) is 6.41. The molecule has 4 nitrogen and oxygen atoms in total. The van der Waals surface area contributed by atoms with Gasteiger partial charge in [-0.2, -0.15) is 0 Å². The Bertz CT molecular complexity index is 275. The quantitative estimate of drug-likeness (QED) is 0.811. The Labute approximate surface area is 110 Å². The Morgan fingerprint density at radius 3 is 2.67 bits per heavy atom. The van der Waals surface area contributed by atoms with Crippen molar-refractivity contribution in [2.45, 2.75) is 76.5 Å². The van der Waals surface area contributed by atoms with Crippen LogP contribution in [0.5, 0.6) is 0 Å². The molecule has 2 amide bonds. The molecule has 1 saturated carbocycles. The number of nitrogens with one attached hydrogen (secondary N) is 1. The third-order valence-corrected chi connectivity index (χ3v) is 4.18. The number of aliphatic hydroxyl groups excluding tert-OH is 1. The first-order chi connectivity index (χ1) is 8.66. The number of hydrogen-bond acceptors (Lipinski definition) is 2. The van der Waals surface area contributed by atoms with Gasteiger partial charge in [-0.3, -0.25) is 0 Å². The number of hydrogen-bond donors (Lipinski definition) is 2. The summed E-state index contributed by atoms with van der Waals surface area (Å²) < 4.78 is 0. The van der Waals surface area contributed by atoms with Crippen molar-refractivity contribution in [3.05, 3.63) is 0 Å². The molecule has 18 heavy (non-hydrogen) atoms. The number of aliphatic hydroxyl groups is 1. The molecule has 0 spiro atoms. The van der Waals surface area contributed by atoms with E-state index in [1.807, 2.05) is 4.90 Å². The molecule has 2 N–H and O–H groups in total. The summed E-state index contributed by atoms with van der Waals surface area (Å²) >= 11 is 0. The Balaban J connectivity index is 1.83. The van der Waals surface area contributed by atoms with Gasteiger partial charge in [-0.05, 0) is 39.0 Å². The van der Waals surface area contributed by atoms with Crippen molar-refractivity contribution in [1.29, 1.82) is 0 Å². The standard InChI is InChI=1S/C14H26N2O2/c1-11(17)10-13-8-5-9-16(13)14(18)15-12-6-3-2-4-7-12/h11-13,17H,2-10H2,1H3,(H,15,18). The van der Waals surface area contributed by atoms with Crippen LogP contribution in [0.2, 0.25) is 0 Å². The van der Waals surface area contributed by atoms with Gasteiger partial charge in [0.05, 0.1) is 6.10 Å². The highest BCUT2D eigenvalue weighted by Gasteiger charge is 2.30. The molecule has 0 bridgehead atoms. The van der Waals surface area contributed by atoms with Crippen molar-refractivity contribution < 1.29 is 9.90 Å². The van der Waals surface area contributed by atoms with Crippen LogP contribution in [-0.4, -0.2) is 40.8 Å². The summed E-state index contributed by atoms with van der Waals surface area (Å²) in [6, 6.07) is 0.692. The maximum atomic E-state index is 12.2. The summed E-state index contributed by atoms with van der Waals surface area (Å²) in [5, 5.41) is 12.6. The number of carbonyl (C=O) groups is 1. The highest BCUT2D eigenvalue weighted by atomic mass is 16.3. The molecule has 0 aromatic carbocycles. The van der Waals surface area contributed by atoms with Crippen molar-refractivity contribution in [3.63, 3.8) is 0 Å². The van der Waals surface area contributed by atoms with Crippen LogP contribution in [-0.2, 0) is 0 Å². The highest BCUT2D eigenvalue weighted by molar-refractivity contribution is 5.75. The summed E-state index contributed by atoms with van der Waals surface area (Å²) in [6.07, 6.45) is 8.51. The summed E-state index contributed by atoms with van der Waals surface area (Å²) in [4.78, 5) is 14.2. The highest BCUT2D eigenvalue weighted by Crippen LogP contribution is 2.23.